The van der Waals surface area contributed by atoms with Crippen molar-refractivity contribution in [1.82, 2.24) is 0 Å². The Kier molecular flexibility index (Phi) is 5.85. The van der Waals surface area contributed by atoms with Gasteiger partial charge in [0.15, 0.2) is 0 Å². The fourth-order valence-corrected chi connectivity index (χ4v) is 0.644. The van der Waals surface area contributed by atoms with Crippen molar-refractivity contribution in [2.45, 2.75) is 26.7 Å². The minimum atomic E-state index is 1.12. The minimum absolute atomic E-state index is 1.12. The Balaban J connectivity index is 3.27. The molecule has 0 bridgehead atoms. The molecule has 0 aliphatic carbocycles. The predicted octanol–water partition coefficient (Wildman–Crippen LogP) is 3.48. The van der Waals surface area contributed by atoms with Crippen LogP contribution in [-0.2, 0) is 0 Å². The van der Waals surface area contributed by atoms with Crippen molar-refractivity contribution in [3.8, 4) is 0 Å². The van der Waals surface area contributed by atoms with Crippen molar-refractivity contribution in [2.75, 3.05) is 0 Å². The molecule has 0 amide bonds. The Morgan fingerprint density at radius 3 is 2.40 bits per heavy atom. The molecule has 0 aromatic rings. The molecule has 56 valence electrons. The van der Waals surface area contributed by atoms with E-state index in [0.29, 0.717) is 0 Å². The first-order valence-corrected chi connectivity index (χ1v) is 3.70. The molecule has 0 saturated heterocycles. The summed E-state index contributed by atoms with van der Waals surface area (Å²) >= 11 is 0. The lowest BCUT2D eigenvalue weighted by molar-refractivity contribution is 1.05. The summed E-state index contributed by atoms with van der Waals surface area (Å²) in [6.45, 7) is 7.82. The van der Waals surface area contributed by atoms with Gasteiger partial charge in [-0.2, -0.15) is 0 Å². The second-order valence-electron chi connectivity index (χ2n) is 2.40. The molecule has 0 saturated carbocycles. The van der Waals surface area contributed by atoms with Crippen molar-refractivity contribution in [3.63, 3.8) is 0 Å². The summed E-state index contributed by atoms with van der Waals surface area (Å²) in [6, 6.07) is 0. The van der Waals surface area contributed by atoms with E-state index in [-0.39, 0.29) is 0 Å². The summed E-state index contributed by atoms with van der Waals surface area (Å²) < 4.78 is 0. The Morgan fingerprint density at radius 1 is 1.30 bits per heavy atom. The zero-order valence-electron chi connectivity index (χ0n) is 6.93. The SMILES string of the molecule is C=C(C)/C=C\CC/C=C\C. The molecule has 0 heterocycles. The smallest absolute Gasteiger partial charge is 0.0313 e. The normalized spacial score (nSPS) is 11.4. The molecule has 0 radical (unpaired) electrons. The zero-order chi connectivity index (χ0) is 7.82. The van der Waals surface area contributed by atoms with Crippen LogP contribution in [0.3, 0.4) is 0 Å². The van der Waals surface area contributed by atoms with Gasteiger partial charge in [-0.3, -0.25) is 0 Å². The molecule has 0 aromatic heterocycles. The van der Waals surface area contributed by atoms with Crippen molar-refractivity contribution in [3.05, 3.63) is 36.5 Å². The molecule has 0 unspecified atom stereocenters. The minimum Gasteiger partial charge on any atom is -0.0961 e. The monoisotopic (exact) mass is 136 g/mol. The maximum Gasteiger partial charge on any atom is -0.0313 e. The van der Waals surface area contributed by atoms with Crippen LogP contribution in [0.2, 0.25) is 0 Å². The molecule has 0 heteroatoms. The molecule has 0 nitrogen and oxygen atoms in total. The highest BCUT2D eigenvalue weighted by Crippen LogP contribution is 1.95. The highest BCUT2D eigenvalue weighted by atomic mass is 13.8. The second-order valence-corrected chi connectivity index (χ2v) is 2.40. The molecule has 0 aliphatic rings. The number of rotatable bonds is 4. The van der Waals surface area contributed by atoms with Crippen molar-refractivity contribution in [1.29, 1.82) is 0 Å². The molecule has 0 rings (SSSR count). The van der Waals surface area contributed by atoms with E-state index in [4.69, 9.17) is 0 Å². The van der Waals surface area contributed by atoms with E-state index in [0.717, 1.165) is 18.4 Å². The van der Waals surface area contributed by atoms with Crippen LogP contribution < -0.4 is 0 Å². The van der Waals surface area contributed by atoms with Gasteiger partial charge in [0.25, 0.3) is 0 Å². The van der Waals surface area contributed by atoms with Gasteiger partial charge in [-0.1, -0.05) is 36.5 Å². The third-order valence-electron chi connectivity index (χ3n) is 1.14. The first-order chi connectivity index (χ1) is 4.77. The van der Waals surface area contributed by atoms with Crippen LogP contribution in [0.1, 0.15) is 26.7 Å². The molecule has 0 N–H and O–H groups in total. The largest absolute Gasteiger partial charge is 0.0961 e. The lowest BCUT2D eigenvalue weighted by Crippen LogP contribution is -1.65. The highest BCUT2D eigenvalue weighted by Gasteiger charge is 1.75. The van der Waals surface area contributed by atoms with Gasteiger partial charge in [-0.15, -0.1) is 0 Å². The van der Waals surface area contributed by atoms with Crippen molar-refractivity contribution >= 4 is 0 Å². The molecule has 0 aliphatic heterocycles. The van der Waals surface area contributed by atoms with Gasteiger partial charge in [0, 0.05) is 0 Å². The topological polar surface area (TPSA) is 0 Å². The van der Waals surface area contributed by atoms with Crippen LogP contribution in [0.25, 0.3) is 0 Å². The molecule has 0 atom stereocenters. The van der Waals surface area contributed by atoms with Crippen molar-refractivity contribution in [2.24, 2.45) is 0 Å². The average molecular weight is 136 g/mol. The summed E-state index contributed by atoms with van der Waals surface area (Å²) in [5.74, 6) is 0. The van der Waals surface area contributed by atoms with Crippen LogP contribution in [-0.4, -0.2) is 0 Å². The average Bonchev–Trinajstić information content (AvgIpc) is 1.87. The van der Waals surface area contributed by atoms with E-state index < -0.39 is 0 Å². The Bertz CT molecular complexity index is 138. The summed E-state index contributed by atoms with van der Waals surface area (Å²) in [7, 11) is 0. The third kappa shape index (κ3) is 7.22. The summed E-state index contributed by atoms with van der Waals surface area (Å²) in [5, 5.41) is 0. The lowest BCUT2D eigenvalue weighted by Gasteiger charge is -1.85. The first kappa shape index (κ1) is 9.22. The number of hydrogen-bond acceptors (Lipinski definition) is 0. The Morgan fingerprint density at radius 2 is 1.90 bits per heavy atom. The molecule has 10 heavy (non-hydrogen) atoms. The van der Waals surface area contributed by atoms with E-state index in [1.54, 1.807) is 0 Å². The number of unbranched alkanes of at least 4 members (excludes halogenated alkanes) is 1. The van der Waals surface area contributed by atoms with Crippen LogP contribution in [0.5, 0.6) is 0 Å². The fourth-order valence-electron chi connectivity index (χ4n) is 0.644. The second kappa shape index (κ2) is 6.34. The van der Waals surface area contributed by atoms with E-state index in [1.165, 1.54) is 0 Å². The van der Waals surface area contributed by atoms with E-state index >= 15 is 0 Å². The standard InChI is InChI=1S/C10H16/c1-4-5-6-7-8-9-10(2)3/h4-5,8-9H,2,6-7H2,1,3H3/b5-4-,9-8-. The first-order valence-electron chi connectivity index (χ1n) is 3.70. The zero-order valence-corrected chi connectivity index (χ0v) is 6.93. The maximum absolute atomic E-state index is 3.77. The maximum atomic E-state index is 3.77. The van der Waals surface area contributed by atoms with Gasteiger partial charge in [0.2, 0.25) is 0 Å². The fraction of sp³-hybridized carbons (Fsp3) is 0.400. The summed E-state index contributed by atoms with van der Waals surface area (Å²) in [5.41, 5.74) is 1.13. The van der Waals surface area contributed by atoms with E-state index in [9.17, 15) is 0 Å². The number of hydrogen-bond donors (Lipinski definition) is 0. The quantitative estimate of drug-likeness (QED) is 0.315. The Labute approximate surface area is 64.0 Å². The van der Waals surface area contributed by atoms with E-state index in [1.807, 2.05) is 13.8 Å². The molecule has 0 aromatic carbocycles. The molecule has 0 spiro atoms. The van der Waals surface area contributed by atoms with Crippen LogP contribution in [0.15, 0.2) is 36.5 Å². The summed E-state index contributed by atoms with van der Waals surface area (Å²) in [6.07, 6.45) is 10.7. The predicted molar refractivity (Wildman–Crippen MR) is 48.0 cm³/mol. The van der Waals surface area contributed by atoms with Crippen molar-refractivity contribution < 1.29 is 0 Å². The van der Waals surface area contributed by atoms with Gasteiger partial charge in [-0.25, -0.2) is 0 Å². The van der Waals surface area contributed by atoms with E-state index in [2.05, 4.69) is 30.9 Å². The summed E-state index contributed by atoms with van der Waals surface area (Å²) in [4.78, 5) is 0. The molecule has 0 fully saturated rings. The number of allylic oxidation sites excluding steroid dienone is 5. The van der Waals surface area contributed by atoms with Gasteiger partial charge in [-0.05, 0) is 26.7 Å². The van der Waals surface area contributed by atoms with Crippen LogP contribution >= 0.6 is 0 Å². The van der Waals surface area contributed by atoms with Gasteiger partial charge in [0.05, 0.1) is 0 Å². The van der Waals surface area contributed by atoms with Crippen LogP contribution in [0.4, 0.5) is 0 Å². The van der Waals surface area contributed by atoms with Gasteiger partial charge in [0.1, 0.15) is 0 Å². The highest BCUT2D eigenvalue weighted by molar-refractivity contribution is 5.10. The molecular formula is C10H16. The van der Waals surface area contributed by atoms with Gasteiger partial charge >= 0.3 is 0 Å². The van der Waals surface area contributed by atoms with Crippen LogP contribution in [0, 0.1) is 0 Å². The lowest BCUT2D eigenvalue weighted by atomic mass is 10.2. The van der Waals surface area contributed by atoms with Gasteiger partial charge < -0.3 is 0 Å². The third-order valence-corrected chi connectivity index (χ3v) is 1.14. The molecular weight excluding hydrogens is 120 g/mol. The Hall–Kier alpha value is -0.780.